The minimum atomic E-state index is 0.483. The third kappa shape index (κ3) is 3.36. The van der Waals surface area contributed by atoms with Gasteiger partial charge in [0.15, 0.2) is 0 Å². The van der Waals surface area contributed by atoms with Crippen LogP contribution in [0.25, 0.3) is 22.2 Å². The molecule has 0 amide bonds. The van der Waals surface area contributed by atoms with Crippen molar-refractivity contribution >= 4 is 16.7 Å². The van der Waals surface area contributed by atoms with Gasteiger partial charge in [-0.1, -0.05) is 31.5 Å². The molecule has 144 valence electrons. The van der Waals surface area contributed by atoms with Crippen LogP contribution in [-0.4, -0.2) is 15.6 Å². The summed E-state index contributed by atoms with van der Waals surface area (Å²) in [7, 11) is 2.16. The molecule has 3 nitrogen and oxygen atoms in total. The highest BCUT2D eigenvalue weighted by atomic mass is 15.0. The number of pyridine rings is 1. The van der Waals surface area contributed by atoms with Crippen LogP contribution >= 0.6 is 0 Å². The van der Waals surface area contributed by atoms with Crippen molar-refractivity contribution < 1.29 is 0 Å². The van der Waals surface area contributed by atoms with Crippen LogP contribution in [0.2, 0.25) is 0 Å². The molecule has 0 aliphatic carbocycles. The van der Waals surface area contributed by atoms with Crippen molar-refractivity contribution in [1.29, 1.82) is 0 Å². The predicted molar refractivity (Wildman–Crippen MR) is 118 cm³/mol. The number of fused-ring (bicyclic) bond motifs is 1. The first kappa shape index (κ1) is 19.5. The van der Waals surface area contributed by atoms with Crippen molar-refractivity contribution in [3.05, 3.63) is 46.3 Å². The number of aromatic nitrogens is 2. The molecular weight excluding hydrogens is 330 g/mol. The zero-order chi connectivity index (χ0) is 19.9. The maximum absolute atomic E-state index is 5.00. The van der Waals surface area contributed by atoms with E-state index in [2.05, 4.69) is 83.6 Å². The molecule has 27 heavy (non-hydrogen) atoms. The fourth-order valence-corrected chi connectivity index (χ4v) is 4.38. The summed E-state index contributed by atoms with van der Waals surface area (Å²) >= 11 is 0. The number of rotatable bonds is 5. The molecule has 0 aliphatic rings. The quantitative estimate of drug-likeness (QED) is 0.570. The molecule has 0 radical (unpaired) electrons. The normalized spacial score (nSPS) is 11.6. The Balaban J connectivity index is 2.34. The topological polar surface area (TPSA) is 29.9 Å². The van der Waals surface area contributed by atoms with Crippen LogP contribution in [0.1, 0.15) is 54.8 Å². The Morgan fingerprint density at radius 3 is 2.07 bits per heavy atom. The van der Waals surface area contributed by atoms with Gasteiger partial charge < -0.3 is 9.88 Å². The lowest BCUT2D eigenvalue weighted by molar-refractivity contribution is 0.671. The molecule has 0 saturated carbocycles. The van der Waals surface area contributed by atoms with Crippen LogP contribution < -0.4 is 5.32 Å². The molecule has 0 saturated heterocycles. The van der Waals surface area contributed by atoms with Gasteiger partial charge in [0.1, 0.15) is 0 Å². The molecule has 3 heteroatoms. The maximum atomic E-state index is 5.00. The summed E-state index contributed by atoms with van der Waals surface area (Å²) in [6.07, 6.45) is 2.23. The van der Waals surface area contributed by atoms with Gasteiger partial charge in [0.05, 0.1) is 16.7 Å². The van der Waals surface area contributed by atoms with Gasteiger partial charge in [0.25, 0.3) is 0 Å². The summed E-state index contributed by atoms with van der Waals surface area (Å²) < 4.78 is 2.31. The molecule has 0 fully saturated rings. The molecule has 2 aromatic heterocycles. The Morgan fingerprint density at radius 2 is 1.52 bits per heavy atom. The number of benzene rings is 1. The summed E-state index contributed by atoms with van der Waals surface area (Å²) in [6, 6.07) is 7.23. The zero-order valence-corrected chi connectivity index (χ0v) is 18.1. The molecule has 1 N–H and O–H groups in total. The molecular formula is C24H33N3. The summed E-state index contributed by atoms with van der Waals surface area (Å²) in [5.74, 6) is 0. The van der Waals surface area contributed by atoms with Crippen LogP contribution in [-0.2, 0) is 7.05 Å². The zero-order valence-electron chi connectivity index (χ0n) is 18.1. The molecule has 0 spiro atoms. The van der Waals surface area contributed by atoms with Gasteiger partial charge in [-0.05, 0) is 70.2 Å². The van der Waals surface area contributed by atoms with E-state index in [1.165, 1.54) is 44.7 Å². The molecule has 0 aliphatic heterocycles. The SMILES string of the molecule is CCC(CC)Nc1cc(C)nc2c(-c3c(C)cc(C)cc3C)c(C)n(C)c12. The van der Waals surface area contributed by atoms with Gasteiger partial charge in [-0.15, -0.1) is 0 Å². The highest BCUT2D eigenvalue weighted by Gasteiger charge is 2.21. The number of hydrogen-bond donors (Lipinski definition) is 1. The van der Waals surface area contributed by atoms with Gasteiger partial charge in [0.2, 0.25) is 0 Å². The fraction of sp³-hybridized carbons (Fsp3) is 0.458. The van der Waals surface area contributed by atoms with Gasteiger partial charge in [0, 0.05) is 30.0 Å². The summed E-state index contributed by atoms with van der Waals surface area (Å²) in [4.78, 5) is 5.00. The van der Waals surface area contributed by atoms with Crippen LogP contribution in [0.4, 0.5) is 5.69 Å². The Kier molecular flexibility index (Phi) is 5.32. The third-order valence-electron chi connectivity index (χ3n) is 5.83. The van der Waals surface area contributed by atoms with E-state index in [1.807, 2.05) is 0 Å². The largest absolute Gasteiger partial charge is 0.381 e. The first-order valence-corrected chi connectivity index (χ1v) is 10.1. The van der Waals surface area contributed by atoms with E-state index >= 15 is 0 Å². The van der Waals surface area contributed by atoms with E-state index in [4.69, 9.17) is 4.98 Å². The van der Waals surface area contributed by atoms with Gasteiger partial charge >= 0.3 is 0 Å². The smallest absolute Gasteiger partial charge is 0.0986 e. The number of hydrogen-bond acceptors (Lipinski definition) is 2. The standard InChI is InChI=1S/C24H33N3/c1-9-19(10-2)26-20-13-17(6)25-23-22(18(7)27(8)24(20)23)21-15(4)11-14(3)12-16(21)5/h11-13,19H,9-10H2,1-8H3,(H,25,26). The van der Waals surface area contributed by atoms with Crippen molar-refractivity contribution in [3.8, 4) is 11.1 Å². The van der Waals surface area contributed by atoms with Gasteiger partial charge in [-0.25, -0.2) is 0 Å². The van der Waals surface area contributed by atoms with E-state index in [0.29, 0.717) is 6.04 Å². The number of nitrogens with one attached hydrogen (secondary N) is 1. The maximum Gasteiger partial charge on any atom is 0.0986 e. The fourth-order valence-electron chi connectivity index (χ4n) is 4.38. The highest BCUT2D eigenvalue weighted by molar-refractivity contribution is 6.02. The molecule has 0 unspecified atom stereocenters. The lowest BCUT2D eigenvalue weighted by atomic mass is 9.93. The molecule has 1 aromatic carbocycles. The van der Waals surface area contributed by atoms with Gasteiger partial charge in [-0.3, -0.25) is 4.98 Å². The van der Waals surface area contributed by atoms with E-state index in [0.717, 1.165) is 24.1 Å². The molecule has 0 bridgehead atoms. The minimum absolute atomic E-state index is 0.483. The molecule has 3 rings (SSSR count). The van der Waals surface area contributed by atoms with Gasteiger partial charge in [-0.2, -0.15) is 0 Å². The Labute approximate surface area is 163 Å². The number of nitrogens with zero attached hydrogens (tertiary/aromatic N) is 2. The first-order chi connectivity index (χ1) is 12.8. The Morgan fingerprint density at radius 1 is 0.926 bits per heavy atom. The van der Waals surface area contributed by atoms with E-state index < -0.39 is 0 Å². The average Bonchev–Trinajstić information content (AvgIpc) is 2.83. The lowest BCUT2D eigenvalue weighted by Crippen LogP contribution is -2.17. The van der Waals surface area contributed by atoms with E-state index in [9.17, 15) is 0 Å². The first-order valence-electron chi connectivity index (χ1n) is 10.1. The van der Waals surface area contributed by atoms with Crippen molar-refractivity contribution in [1.82, 2.24) is 9.55 Å². The van der Waals surface area contributed by atoms with Crippen molar-refractivity contribution in [2.75, 3.05) is 5.32 Å². The van der Waals surface area contributed by atoms with Crippen LogP contribution in [0.5, 0.6) is 0 Å². The second kappa shape index (κ2) is 7.38. The summed E-state index contributed by atoms with van der Waals surface area (Å²) in [5.41, 5.74) is 12.4. The van der Waals surface area contributed by atoms with E-state index in [-0.39, 0.29) is 0 Å². The highest BCUT2D eigenvalue weighted by Crippen LogP contribution is 2.40. The molecule has 2 heterocycles. The monoisotopic (exact) mass is 363 g/mol. The van der Waals surface area contributed by atoms with Crippen molar-refractivity contribution in [2.24, 2.45) is 7.05 Å². The summed E-state index contributed by atoms with van der Waals surface area (Å²) in [6.45, 7) is 15.4. The number of anilines is 1. The number of aryl methyl sites for hydroxylation is 5. The Bertz CT molecular complexity index is 968. The third-order valence-corrected chi connectivity index (χ3v) is 5.83. The van der Waals surface area contributed by atoms with Crippen LogP contribution in [0.3, 0.4) is 0 Å². The molecule has 3 aromatic rings. The average molecular weight is 364 g/mol. The molecule has 0 atom stereocenters. The minimum Gasteiger partial charge on any atom is -0.381 e. The summed E-state index contributed by atoms with van der Waals surface area (Å²) in [5, 5.41) is 3.77. The lowest BCUT2D eigenvalue weighted by Gasteiger charge is -2.18. The van der Waals surface area contributed by atoms with Crippen molar-refractivity contribution in [3.63, 3.8) is 0 Å². The second-order valence-corrected chi connectivity index (χ2v) is 7.96. The van der Waals surface area contributed by atoms with Crippen molar-refractivity contribution in [2.45, 2.75) is 67.3 Å². The Hall–Kier alpha value is -2.29. The van der Waals surface area contributed by atoms with E-state index in [1.54, 1.807) is 0 Å². The van der Waals surface area contributed by atoms with Crippen LogP contribution in [0.15, 0.2) is 18.2 Å². The van der Waals surface area contributed by atoms with Crippen LogP contribution in [0, 0.1) is 34.6 Å². The predicted octanol–water partition coefficient (Wildman–Crippen LogP) is 6.38. The second-order valence-electron chi connectivity index (χ2n) is 7.96.